The van der Waals surface area contributed by atoms with E-state index in [1.165, 1.54) is 31.4 Å². The van der Waals surface area contributed by atoms with Gasteiger partial charge >= 0.3 is 0 Å². The van der Waals surface area contributed by atoms with E-state index in [-0.39, 0.29) is 0 Å². The van der Waals surface area contributed by atoms with Crippen molar-refractivity contribution in [3.05, 3.63) is 29.8 Å². The summed E-state index contributed by atoms with van der Waals surface area (Å²) in [6.45, 7) is 4.17. The second-order valence-electron chi connectivity index (χ2n) is 4.78. The van der Waals surface area contributed by atoms with Gasteiger partial charge in [0.15, 0.2) is 0 Å². The fourth-order valence-electron chi connectivity index (χ4n) is 2.34. The number of hydrogen-bond donors (Lipinski definition) is 1. The van der Waals surface area contributed by atoms with E-state index in [0.29, 0.717) is 6.04 Å². The third-order valence-corrected chi connectivity index (χ3v) is 3.45. The highest BCUT2D eigenvalue weighted by molar-refractivity contribution is 5.28. The molecule has 2 rings (SSSR count). The number of piperidine rings is 1. The Kier molecular flexibility index (Phi) is 4.87. The minimum Gasteiger partial charge on any atom is -0.494 e. The molecule has 0 aromatic heterocycles. The molecule has 17 heavy (non-hydrogen) atoms. The van der Waals surface area contributed by atoms with Crippen molar-refractivity contribution in [2.75, 3.05) is 13.2 Å². The molecule has 0 aliphatic carbocycles. The van der Waals surface area contributed by atoms with Crippen molar-refractivity contribution < 1.29 is 4.74 Å². The summed E-state index contributed by atoms with van der Waals surface area (Å²) in [5.74, 6) is 1.01. The quantitative estimate of drug-likeness (QED) is 0.843. The van der Waals surface area contributed by atoms with Crippen LogP contribution >= 0.6 is 0 Å². The van der Waals surface area contributed by atoms with E-state index in [4.69, 9.17) is 4.74 Å². The Morgan fingerprint density at radius 3 is 3.06 bits per heavy atom. The normalized spacial score (nSPS) is 20.2. The van der Waals surface area contributed by atoms with Crippen molar-refractivity contribution in [3.8, 4) is 5.75 Å². The van der Waals surface area contributed by atoms with Crippen LogP contribution in [-0.4, -0.2) is 19.2 Å². The van der Waals surface area contributed by atoms with Gasteiger partial charge in [0.25, 0.3) is 0 Å². The number of rotatable bonds is 5. The lowest BCUT2D eigenvalue weighted by molar-refractivity contribution is 0.268. The SMILES string of the molecule is CCc1cccc(OCC[C@@H]2CCCCN2)c1. The molecule has 1 heterocycles. The molecular formula is C15H23NO. The Morgan fingerprint density at radius 1 is 1.35 bits per heavy atom. The molecule has 0 bridgehead atoms. The summed E-state index contributed by atoms with van der Waals surface area (Å²) in [6, 6.07) is 9.09. The largest absolute Gasteiger partial charge is 0.494 e. The maximum Gasteiger partial charge on any atom is 0.119 e. The van der Waals surface area contributed by atoms with E-state index in [1.807, 2.05) is 6.07 Å². The maximum atomic E-state index is 5.81. The summed E-state index contributed by atoms with van der Waals surface area (Å²) in [5.41, 5.74) is 1.35. The first-order valence-corrected chi connectivity index (χ1v) is 6.83. The number of aryl methyl sites for hydroxylation is 1. The third-order valence-electron chi connectivity index (χ3n) is 3.45. The summed E-state index contributed by atoms with van der Waals surface area (Å²) in [7, 11) is 0. The monoisotopic (exact) mass is 233 g/mol. The Morgan fingerprint density at radius 2 is 2.29 bits per heavy atom. The highest BCUT2D eigenvalue weighted by Gasteiger charge is 2.11. The van der Waals surface area contributed by atoms with Gasteiger partial charge in [-0.15, -0.1) is 0 Å². The smallest absolute Gasteiger partial charge is 0.119 e. The lowest BCUT2D eigenvalue weighted by Gasteiger charge is -2.23. The molecule has 1 aromatic carbocycles. The van der Waals surface area contributed by atoms with Crippen molar-refractivity contribution in [2.24, 2.45) is 0 Å². The fraction of sp³-hybridized carbons (Fsp3) is 0.600. The van der Waals surface area contributed by atoms with Crippen LogP contribution < -0.4 is 10.1 Å². The average molecular weight is 233 g/mol. The number of benzene rings is 1. The average Bonchev–Trinajstić information content (AvgIpc) is 2.40. The summed E-state index contributed by atoms with van der Waals surface area (Å²) in [4.78, 5) is 0. The zero-order valence-corrected chi connectivity index (χ0v) is 10.7. The predicted octanol–water partition coefficient (Wildman–Crippen LogP) is 3.16. The fourth-order valence-corrected chi connectivity index (χ4v) is 2.34. The van der Waals surface area contributed by atoms with Crippen LogP contribution in [0.25, 0.3) is 0 Å². The number of ether oxygens (including phenoxy) is 1. The maximum absolute atomic E-state index is 5.81. The van der Waals surface area contributed by atoms with E-state index < -0.39 is 0 Å². The number of nitrogens with one attached hydrogen (secondary N) is 1. The van der Waals surface area contributed by atoms with E-state index >= 15 is 0 Å². The van der Waals surface area contributed by atoms with Gasteiger partial charge in [-0.25, -0.2) is 0 Å². The molecule has 1 N–H and O–H groups in total. The van der Waals surface area contributed by atoms with Crippen LogP contribution in [0.15, 0.2) is 24.3 Å². The zero-order chi connectivity index (χ0) is 11.9. The molecular weight excluding hydrogens is 210 g/mol. The molecule has 1 aliphatic heterocycles. The van der Waals surface area contributed by atoms with Crippen molar-refractivity contribution in [1.29, 1.82) is 0 Å². The van der Waals surface area contributed by atoms with Gasteiger partial charge < -0.3 is 10.1 Å². The summed E-state index contributed by atoms with van der Waals surface area (Å²) >= 11 is 0. The molecule has 0 amide bonds. The van der Waals surface area contributed by atoms with Crippen LogP contribution in [0.4, 0.5) is 0 Å². The van der Waals surface area contributed by atoms with Gasteiger partial charge in [-0.3, -0.25) is 0 Å². The van der Waals surface area contributed by atoms with E-state index in [0.717, 1.165) is 25.2 Å². The van der Waals surface area contributed by atoms with Crippen LogP contribution in [0, 0.1) is 0 Å². The number of hydrogen-bond acceptors (Lipinski definition) is 2. The molecule has 1 fully saturated rings. The van der Waals surface area contributed by atoms with Crippen LogP contribution in [0.2, 0.25) is 0 Å². The predicted molar refractivity (Wildman–Crippen MR) is 71.6 cm³/mol. The molecule has 0 saturated carbocycles. The Balaban J connectivity index is 1.73. The minimum absolute atomic E-state index is 0.665. The first kappa shape index (κ1) is 12.4. The van der Waals surface area contributed by atoms with Crippen LogP contribution in [-0.2, 0) is 6.42 Å². The van der Waals surface area contributed by atoms with Gasteiger partial charge in [-0.1, -0.05) is 25.5 Å². The van der Waals surface area contributed by atoms with Gasteiger partial charge in [0.1, 0.15) is 5.75 Å². The molecule has 0 unspecified atom stereocenters. The van der Waals surface area contributed by atoms with Crippen LogP contribution in [0.1, 0.15) is 38.2 Å². The highest BCUT2D eigenvalue weighted by Crippen LogP contribution is 2.15. The Labute approximate surface area is 104 Å². The summed E-state index contributed by atoms with van der Waals surface area (Å²) in [5, 5.41) is 3.55. The summed E-state index contributed by atoms with van der Waals surface area (Å²) < 4.78 is 5.81. The third kappa shape index (κ3) is 4.04. The second kappa shape index (κ2) is 6.65. The molecule has 2 heteroatoms. The van der Waals surface area contributed by atoms with Crippen LogP contribution in [0.5, 0.6) is 5.75 Å². The van der Waals surface area contributed by atoms with Gasteiger partial charge in [-0.05, 0) is 49.9 Å². The standard InChI is InChI=1S/C15H23NO/c1-2-13-6-5-8-15(12-13)17-11-9-14-7-3-4-10-16-14/h5-6,8,12,14,16H,2-4,7,9-11H2,1H3/t14-/m0/s1. The molecule has 1 atom stereocenters. The van der Waals surface area contributed by atoms with Gasteiger partial charge in [0, 0.05) is 6.04 Å². The van der Waals surface area contributed by atoms with Crippen LogP contribution in [0.3, 0.4) is 0 Å². The minimum atomic E-state index is 0.665. The molecule has 0 radical (unpaired) electrons. The van der Waals surface area contributed by atoms with Crippen molar-refractivity contribution >= 4 is 0 Å². The Hall–Kier alpha value is -1.02. The Bertz CT molecular complexity index is 331. The van der Waals surface area contributed by atoms with E-state index in [2.05, 4.69) is 30.4 Å². The van der Waals surface area contributed by atoms with Crippen molar-refractivity contribution in [2.45, 2.75) is 45.1 Å². The van der Waals surface area contributed by atoms with Gasteiger partial charge in [-0.2, -0.15) is 0 Å². The molecule has 0 spiro atoms. The van der Waals surface area contributed by atoms with Gasteiger partial charge in [0.2, 0.25) is 0 Å². The van der Waals surface area contributed by atoms with E-state index in [1.54, 1.807) is 0 Å². The first-order chi connectivity index (χ1) is 8.38. The molecule has 2 nitrogen and oxygen atoms in total. The molecule has 1 aromatic rings. The lowest BCUT2D eigenvalue weighted by Crippen LogP contribution is -2.35. The second-order valence-corrected chi connectivity index (χ2v) is 4.78. The molecule has 94 valence electrons. The highest BCUT2D eigenvalue weighted by atomic mass is 16.5. The van der Waals surface area contributed by atoms with E-state index in [9.17, 15) is 0 Å². The molecule has 1 aliphatic rings. The van der Waals surface area contributed by atoms with Crippen molar-refractivity contribution in [1.82, 2.24) is 5.32 Å². The summed E-state index contributed by atoms with van der Waals surface area (Å²) in [6.07, 6.45) is 6.19. The lowest BCUT2D eigenvalue weighted by atomic mass is 10.0. The topological polar surface area (TPSA) is 21.3 Å². The van der Waals surface area contributed by atoms with Crippen molar-refractivity contribution in [3.63, 3.8) is 0 Å². The first-order valence-electron chi connectivity index (χ1n) is 6.83. The van der Waals surface area contributed by atoms with Gasteiger partial charge in [0.05, 0.1) is 6.61 Å². The zero-order valence-electron chi connectivity index (χ0n) is 10.7. The molecule has 1 saturated heterocycles.